The van der Waals surface area contributed by atoms with Crippen molar-refractivity contribution in [2.45, 2.75) is 43.9 Å². The van der Waals surface area contributed by atoms with Gasteiger partial charge in [0.1, 0.15) is 0 Å². The van der Waals surface area contributed by atoms with Crippen LogP contribution in [-0.4, -0.2) is 38.6 Å². The van der Waals surface area contributed by atoms with Gasteiger partial charge in [0.05, 0.1) is 7.11 Å². The van der Waals surface area contributed by atoms with Gasteiger partial charge in [0.25, 0.3) is 5.79 Å². The van der Waals surface area contributed by atoms with Crippen molar-refractivity contribution in [3.05, 3.63) is 0 Å². The van der Waals surface area contributed by atoms with Crippen LogP contribution in [-0.2, 0) is 19.1 Å². The third-order valence-corrected chi connectivity index (χ3v) is 2.99. The second-order valence-corrected chi connectivity index (χ2v) is 4.21. The molecule has 100 valence electrons. The predicted molar refractivity (Wildman–Crippen MR) is 61.9 cm³/mol. The van der Waals surface area contributed by atoms with Gasteiger partial charge >= 0.3 is 5.97 Å². The van der Waals surface area contributed by atoms with Crippen LogP contribution in [0.2, 0.25) is 0 Å². The van der Waals surface area contributed by atoms with Gasteiger partial charge in [0, 0.05) is 19.6 Å². The van der Waals surface area contributed by atoms with E-state index >= 15 is 0 Å². The van der Waals surface area contributed by atoms with Gasteiger partial charge in [-0.05, 0) is 19.4 Å². The third-order valence-electron chi connectivity index (χ3n) is 2.99. The first kappa shape index (κ1) is 14.4. The number of nitrogens with one attached hydrogen (secondary N) is 1. The molecule has 0 amide bonds. The molecule has 1 saturated heterocycles. The lowest BCUT2D eigenvalue weighted by atomic mass is 10.0. The van der Waals surface area contributed by atoms with Gasteiger partial charge in [0.2, 0.25) is 0 Å². The summed E-state index contributed by atoms with van der Waals surface area (Å²) in [4.78, 5) is 16.8. The van der Waals surface area contributed by atoms with Crippen LogP contribution in [0.1, 0.15) is 32.1 Å². The molecule has 1 aliphatic heterocycles. The van der Waals surface area contributed by atoms with Gasteiger partial charge in [-0.15, -0.1) is 0 Å². The zero-order valence-electron chi connectivity index (χ0n) is 10.5. The lowest BCUT2D eigenvalue weighted by Crippen LogP contribution is -2.41. The summed E-state index contributed by atoms with van der Waals surface area (Å²) in [5.41, 5.74) is 8.26. The molecule has 17 heavy (non-hydrogen) atoms. The maximum Gasteiger partial charge on any atom is 0.368 e. The molecule has 0 aromatic carbocycles. The summed E-state index contributed by atoms with van der Waals surface area (Å²) in [5, 5.41) is 0. The molecule has 0 aliphatic carbocycles. The number of unbranched alkanes of at least 4 members (excludes halogenated alkanes) is 2. The Hall–Kier alpha value is -0.690. The van der Waals surface area contributed by atoms with E-state index < -0.39 is 11.8 Å². The van der Waals surface area contributed by atoms with Crippen LogP contribution in [0, 0.1) is 0 Å². The van der Waals surface area contributed by atoms with E-state index in [1.54, 1.807) is 0 Å². The smallest absolute Gasteiger partial charge is 0.368 e. The van der Waals surface area contributed by atoms with E-state index in [-0.39, 0.29) is 6.04 Å². The van der Waals surface area contributed by atoms with Crippen LogP contribution in [0.4, 0.5) is 0 Å². The summed E-state index contributed by atoms with van der Waals surface area (Å²) in [6, 6.07) is 0.117. The molecule has 1 fully saturated rings. The maximum atomic E-state index is 11.6. The molecule has 1 aliphatic rings. The van der Waals surface area contributed by atoms with Gasteiger partial charge in [-0.1, -0.05) is 12.8 Å². The van der Waals surface area contributed by atoms with Crippen molar-refractivity contribution in [1.29, 1.82) is 0 Å². The van der Waals surface area contributed by atoms with Crippen molar-refractivity contribution in [3.8, 4) is 0 Å². The van der Waals surface area contributed by atoms with E-state index in [1.165, 1.54) is 14.2 Å². The summed E-state index contributed by atoms with van der Waals surface area (Å²) in [5.74, 6) is -1.79. The Bertz CT molecular complexity index is 250. The zero-order valence-corrected chi connectivity index (χ0v) is 10.5. The minimum absolute atomic E-state index is 0.117. The molecule has 1 heterocycles. The number of esters is 1. The van der Waals surface area contributed by atoms with Gasteiger partial charge in [-0.2, -0.15) is 5.48 Å². The van der Waals surface area contributed by atoms with Gasteiger partial charge < -0.3 is 15.2 Å². The first-order valence-electron chi connectivity index (χ1n) is 5.95. The number of nitrogens with two attached hydrogens (primary N) is 1. The largest absolute Gasteiger partial charge is 0.465 e. The minimum Gasteiger partial charge on any atom is -0.465 e. The Morgan fingerprint density at radius 3 is 2.82 bits per heavy atom. The maximum absolute atomic E-state index is 11.6. The van der Waals surface area contributed by atoms with Crippen molar-refractivity contribution in [1.82, 2.24) is 5.48 Å². The van der Waals surface area contributed by atoms with Crippen LogP contribution in [0.25, 0.3) is 0 Å². The molecule has 6 nitrogen and oxygen atoms in total. The number of methoxy groups -OCH3 is 2. The highest BCUT2D eigenvalue weighted by Gasteiger charge is 2.49. The number of hydrogen-bond donors (Lipinski definition) is 2. The van der Waals surface area contributed by atoms with Crippen LogP contribution in [0.3, 0.4) is 0 Å². The fourth-order valence-electron chi connectivity index (χ4n) is 1.95. The number of carbonyl (C=O) groups is 1. The molecule has 1 rings (SSSR count). The van der Waals surface area contributed by atoms with Crippen molar-refractivity contribution in [2.24, 2.45) is 5.73 Å². The van der Waals surface area contributed by atoms with Crippen molar-refractivity contribution >= 4 is 5.97 Å². The molecule has 0 radical (unpaired) electrons. The minimum atomic E-state index is -1.28. The van der Waals surface area contributed by atoms with Crippen molar-refractivity contribution in [2.75, 3.05) is 20.8 Å². The fraction of sp³-hybridized carbons (Fsp3) is 0.909. The number of ether oxygens (including phenoxy) is 2. The number of hydroxylamine groups is 1. The first-order valence-corrected chi connectivity index (χ1v) is 5.95. The zero-order chi connectivity index (χ0) is 12.7. The summed E-state index contributed by atoms with van der Waals surface area (Å²) in [6.07, 6.45) is 4.58. The molecule has 3 N–H and O–H groups in total. The molecule has 2 atom stereocenters. The second kappa shape index (κ2) is 6.90. The quantitative estimate of drug-likeness (QED) is 0.497. The molecule has 0 unspecified atom stereocenters. The van der Waals surface area contributed by atoms with E-state index in [0.717, 1.165) is 32.2 Å². The highest BCUT2D eigenvalue weighted by atomic mass is 16.8. The SMILES string of the molecule is COC(=O)[C@@]1(OC)C[C@@H](CCCCCN)NO1. The highest BCUT2D eigenvalue weighted by Crippen LogP contribution is 2.28. The summed E-state index contributed by atoms with van der Waals surface area (Å²) in [7, 11) is 2.76. The van der Waals surface area contributed by atoms with E-state index in [2.05, 4.69) is 10.2 Å². The Kier molecular flexibility index (Phi) is 5.84. The summed E-state index contributed by atoms with van der Waals surface area (Å²) in [6.45, 7) is 0.721. The monoisotopic (exact) mass is 246 g/mol. The van der Waals surface area contributed by atoms with E-state index in [4.69, 9.17) is 15.3 Å². The molecule has 0 spiro atoms. The van der Waals surface area contributed by atoms with Gasteiger partial charge in [-0.3, -0.25) is 4.84 Å². The molecule has 0 saturated carbocycles. The fourth-order valence-corrected chi connectivity index (χ4v) is 1.95. The average molecular weight is 246 g/mol. The second-order valence-electron chi connectivity index (χ2n) is 4.21. The normalized spacial score (nSPS) is 28.3. The molecular weight excluding hydrogens is 224 g/mol. The van der Waals surface area contributed by atoms with Gasteiger partial charge in [0.15, 0.2) is 0 Å². The third kappa shape index (κ3) is 3.64. The van der Waals surface area contributed by atoms with Crippen LogP contribution in [0.15, 0.2) is 0 Å². The molecule has 0 aromatic heterocycles. The van der Waals surface area contributed by atoms with Crippen LogP contribution in [0.5, 0.6) is 0 Å². The summed E-state index contributed by atoms with van der Waals surface area (Å²) < 4.78 is 9.80. The van der Waals surface area contributed by atoms with E-state index in [1.807, 2.05) is 0 Å². The Labute approximate surface area is 102 Å². The lowest BCUT2D eigenvalue weighted by molar-refractivity contribution is -0.235. The summed E-state index contributed by atoms with van der Waals surface area (Å²) >= 11 is 0. The van der Waals surface area contributed by atoms with Crippen molar-refractivity contribution in [3.63, 3.8) is 0 Å². The predicted octanol–water partition coefficient (Wildman–Crippen LogP) is 0.315. The van der Waals surface area contributed by atoms with Gasteiger partial charge in [-0.25, -0.2) is 4.79 Å². The average Bonchev–Trinajstić information content (AvgIpc) is 2.78. The highest BCUT2D eigenvalue weighted by molar-refractivity contribution is 5.78. The van der Waals surface area contributed by atoms with Crippen molar-refractivity contribution < 1.29 is 19.1 Å². The molecule has 0 bridgehead atoms. The Morgan fingerprint density at radius 2 is 2.24 bits per heavy atom. The van der Waals surface area contributed by atoms with E-state index in [0.29, 0.717) is 6.42 Å². The number of rotatable bonds is 7. The first-order chi connectivity index (χ1) is 8.18. The standard InChI is InChI=1S/C11H22N2O4/c1-15-10(14)11(16-2)8-9(13-17-11)6-4-3-5-7-12/h9,13H,3-8,12H2,1-2H3/t9-,11-/m1/s1. The van der Waals surface area contributed by atoms with E-state index in [9.17, 15) is 4.79 Å². The van der Waals surface area contributed by atoms with Crippen LogP contribution < -0.4 is 11.2 Å². The molecule has 6 heteroatoms. The lowest BCUT2D eigenvalue weighted by Gasteiger charge is -2.21. The number of carbonyl (C=O) groups excluding carboxylic acids is 1. The number of hydrogen-bond acceptors (Lipinski definition) is 6. The molecule has 0 aromatic rings. The molecular formula is C11H22N2O4. The Balaban J connectivity index is 2.36. The Morgan fingerprint density at radius 1 is 1.47 bits per heavy atom. The van der Waals surface area contributed by atoms with Crippen LogP contribution >= 0.6 is 0 Å². The topological polar surface area (TPSA) is 82.8 Å².